The van der Waals surface area contributed by atoms with Crippen molar-refractivity contribution in [2.75, 3.05) is 19.9 Å². The molecule has 0 fully saturated rings. The molecule has 2 aromatic rings. The van der Waals surface area contributed by atoms with E-state index in [0.717, 1.165) is 22.4 Å². The smallest absolute Gasteiger partial charge is 0.119 e. The van der Waals surface area contributed by atoms with Crippen molar-refractivity contribution in [2.24, 2.45) is 0 Å². The third kappa shape index (κ3) is 5.38. The van der Waals surface area contributed by atoms with Gasteiger partial charge in [0.2, 0.25) is 0 Å². The van der Waals surface area contributed by atoms with Crippen molar-refractivity contribution in [3.05, 3.63) is 58.6 Å². The Bertz CT molecular complexity index is 576. The number of rotatable bonds is 7. The Kier molecular flexibility index (Phi) is 6.61. The van der Waals surface area contributed by atoms with Crippen LogP contribution in [0.5, 0.6) is 5.75 Å². The summed E-state index contributed by atoms with van der Waals surface area (Å²) in [6, 6.07) is 17.1. The van der Waals surface area contributed by atoms with Crippen molar-refractivity contribution in [2.45, 2.75) is 17.4 Å². The molecule has 21 heavy (non-hydrogen) atoms. The number of methoxy groups -OCH3 is 1. The van der Waals surface area contributed by atoms with E-state index >= 15 is 0 Å². The quantitative estimate of drug-likeness (QED) is 0.735. The fourth-order valence-corrected chi connectivity index (χ4v) is 3.70. The van der Waals surface area contributed by atoms with E-state index in [0.29, 0.717) is 6.04 Å². The molecule has 0 aromatic heterocycles. The monoisotopic (exact) mass is 365 g/mol. The van der Waals surface area contributed by atoms with Gasteiger partial charge in [0.25, 0.3) is 0 Å². The Hall–Kier alpha value is -0.970. The van der Waals surface area contributed by atoms with Gasteiger partial charge in [-0.2, -0.15) is 0 Å². The number of benzene rings is 2. The molecule has 0 spiro atoms. The standard InChI is InChI=1S/C17H20BrNOS/c1-19-15(9-13-5-3-7-16(10-13)20-2)12-21-17-8-4-6-14(18)11-17/h3-8,10-11,15,19H,9,12H2,1-2H3. The lowest BCUT2D eigenvalue weighted by Gasteiger charge is -2.16. The lowest BCUT2D eigenvalue weighted by Crippen LogP contribution is -2.30. The summed E-state index contributed by atoms with van der Waals surface area (Å²) in [6.45, 7) is 0. The van der Waals surface area contributed by atoms with Crippen LogP contribution in [0.3, 0.4) is 0 Å². The third-order valence-electron chi connectivity index (χ3n) is 3.27. The maximum Gasteiger partial charge on any atom is 0.119 e. The zero-order valence-corrected chi connectivity index (χ0v) is 14.7. The topological polar surface area (TPSA) is 21.3 Å². The molecule has 4 heteroatoms. The van der Waals surface area contributed by atoms with Gasteiger partial charge in [0.05, 0.1) is 7.11 Å². The van der Waals surface area contributed by atoms with Crippen LogP contribution in [0.1, 0.15) is 5.56 Å². The van der Waals surface area contributed by atoms with Crippen molar-refractivity contribution in [3.8, 4) is 5.75 Å². The predicted molar refractivity (Wildman–Crippen MR) is 94.4 cm³/mol. The van der Waals surface area contributed by atoms with Crippen LogP contribution in [-0.2, 0) is 6.42 Å². The van der Waals surface area contributed by atoms with Crippen molar-refractivity contribution in [3.63, 3.8) is 0 Å². The number of ether oxygens (including phenoxy) is 1. The molecule has 0 aliphatic rings. The summed E-state index contributed by atoms with van der Waals surface area (Å²) in [6.07, 6.45) is 0.995. The van der Waals surface area contributed by atoms with E-state index in [9.17, 15) is 0 Å². The number of hydrogen-bond donors (Lipinski definition) is 1. The van der Waals surface area contributed by atoms with Crippen molar-refractivity contribution < 1.29 is 4.74 Å². The molecule has 0 saturated heterocycles. The Morgan fingerprint density at radius 1 is 1.19 bits per heavy atom. The van der Waals surface area contributed by atoms with Crippen LogP contribution in [-0.4, -0.2) is 26.0 Å². The molecule has 1 unspecified atom stereocenters. The molecule has 0 amide bonds. The normalized spacial score (nSPS) is 12.1. The summed E-state index contributed by atoms with van der Waals surface area (Å²) < 4.78 is 6.41. The largest absolute Gasteiger partial charge is 0.497 e. The van der Waals surface area contributed by atoms with E-state index in [4.69, 9.17) is 4.74 Å². The SMILES string of the molecule is CNC(CSc1cccc(Br)c1)Cc1cccc(OC)c1. The Labute approximate surface area is 139 Å². The van der Waals surface area contributed by atoms with E-state index in [1.165, 1.54) is 10.5 Å². The zero-order valence-electron chi connectivity index (χ0n) is 12.3. The highest BCUT2D eigenvalue weighted by atomic mass is 79.9. The summed E-state index contributed by atoms with van der Waals surface area (Å²) >= 11 is 5.39. The summed E-state index contributed by atoms with van der Waals surface area (Å²) in [5.41, 5.74) is 1.29. The average molecular weight is 366 g/mol. The van der Waals surface area contributed by atoms with Gasteiger partial charge in [-0.25, -0.2) is 0 Å². The van der Waals surface area contributed by atoms with Crippen LogP contribution < -0.4 is 10.1 Å². The summed E-state index contributed by atoms with van der Waals surface area (Å²) in [4.78, 5) is 1.29. The molecular weight excluding hydrogens is 346 g/mol. The summed E-state index contributed by atoms with van der Waals surface area (Å²) in [7, 11) is 3.73. The van der Waals surface area contributed by atoms with Gasteiger partial charge in [-0.1, -0.05) is 34.1 Å². The molecular formula is C17H20BrNOS. The van der Waals surface area contributed by atoms with Crippen LogP contribution in [0, 0.1) is 0 Å². The molecule has 0 saturated carbocycles. The van der Waals surface area contributed by atoms with E-state index < -0.39 is 0 Å². The van der Waals surface area contributed by atoms with Crippen LogP contribution in [0.25, 0.3) is 0 Å². The van der Waals surface area contributed by atoms with Crippen molar-refractivity contribution >= 4 is 27.7 Å². The molecule has 1 atom stereocenters. The van der Waals surface area contributed by atoms with Crippen molar-refractivity contribution in [1.29, 1.82) is 0 Å². The predicted octanol–water partition coefficient (Wildman–Crippen LogP) is 4.38. The van der Waals surface area contributed by atoms with Crippen LogP contribution in [0.2, 0.25) is 0 Å². The fraction of sp³-hybridized carbons (Fsp3) is 0.294. The van der Waals surface area contributed by atoms with Gasteiger partial charge in [-0.15, -0.1) is 11.8 Å². The minimum atomic E-state index is 0.432. The number of likely N-dealkylation sites (N-methyl/N-ethyl adjacent to an activating group) is 1. The first-order chi connectivity index (χ1) is 10.2. The maximum absolute atomic E-state index is 5.28. The highest BCUT2D eigenvalue weighted by molar-refractivity contribution is 9.10. The van der Waals surface area contributed by atoms with Gasteiger partial charge in [0, 0.05) is 21.2 Å². The van der Waals surface area contributed by atoms with Crippen LogP contribution in [0.4, 0.5) is 0 Å². The molecule has 2 rings (SSSR count). The zero-order chi connectivity index (χ0) is 15.1. The first-order valence-electron chi connectivity index (χ1n) is 6.90. The van der Waals surface area contributed by atoms with Gasteiger partial charge in [-0.05, 0) is 49.4 Å². The lowest BCUT2D eigenvalue weighted by molar-refractivity contribution is 0.414. The Morgan fingerprint density at radius 3 is 2.71 bits per heavy atom. The number of thioether (sulfide) groups is 1. The second-order valence-corrected chi connectivity index (χ2v) is 6.82. The first-order valence-corrected chi connectivity index (χ1v) is 8.67. The highest BCUT2D eigenvalue weighted by Gasteiger charge is 2.09. The lowest BCUT2D eigenvalue weighted by atomic mass is 10.1. The summed E-state index contributed by atoms with van der Waals surface area (Å²) in [5, 5.41) is 3.40. The molecule has 1 N–H and O–H groups in total. The molecule has 0 bridgehead atoms. The molecule has 112 valence electrons. The Balaban J connectivity index is 1.93. The Morgan fingerprint density at radius 2 is 2.00 bits per heavy atom. The number of nitrogens with one attached hydrogen (secondary N) is 1. The van der Waals surface area contributed by atoms with E-state index in [1.807, 2.05) is 30.9 Å². The molecule has 2 nitrogen and oxygen atoms in total. The molecule has 2 aromatic carbocycles. The second-order valence-electron chi connectivity index (χ2n) is 4.81. The van der Waals surface area contributed by atoms with E-state index in [1.54, 1.807) is 7.11 Å². The van der Waals surface area contributed by atoms with Gasteiger partial charge >= 0.3 is 0 Å². The molecule has 0 radical (unpaired) electrons. The van der Waals surface area contributed by atoms with Crippen LogP contribution in [0.15, 0.2) is 57.9 Å². The highest BCUT2D eigenvalue weighted by Crippen LogP contribution is 2.23. The minimum Gasteiger partial charge on any atom is -0.497 e. The molecule has 0 aliphatic carbocycles. The third-order valence-corrected chi connectivity index (χ3v) is 4.92. The molecule has 0 heterocycles. The van der Waals surface area contributed by atoms with Gasteiger partial charge in [-0.3, -0.25) is 0 Å². The maximum atomic E-state index is 5.28. The van der Waals surface area contributed by atoms with E-state index in [-0.39, 0.29) is 0 Å². The second kappa shape index (κ2) is 8.47. The van der Waals surface area contributed by atoms with Crippen molar-refractivity contribution in [1.82, 2.24) is 5.32 Å². The van der Waals surface area contributed by atoms with Gasteiger partial charge in [0.1, 0.15) is 5.75 Å². The first kappa shape index (κ1) is 16.4. The van der Waals surface area contributed by atoms with Gasteiger partial charge < -0.3 is 10.1 Å². The van der Waals surface area contributed by atoms with Crippen LogP contribution >= 0.6 is 27.7 Å². The fourth-order valence-electron chi connectivity index (χ4n) is 2.08. The summed E-state index contributed by atoms with van der Waals surface area (Å²) in [5.74, 6) is 1.95. The number of halogens is 1. The van der Waals surface area contributed by atoms with E-state index in [2.05, 4.69) is 57.6 Å². The minimum absolute atomic E-state index is 0.432. The molecule has 0 aliphatic heterocycles. The van der Waals surface area contributed by atoms with Gasteiger partial charge in [0.15, 0.2) is 0 Å². The average Bonchev–Trinajstić information content (AvgIpc) is 2.51. The number of hydrogen-bond acceptors (Lipinski definition) is 3.